The van der Waals surface area contributed by atoms with Crippen LogP contribution in [-0.4, -0.2) is 65.4 Å². The van der Waals surface area contributed by atoms with Gasteiger partial charge in [0.05, 0.1) is 30.5 Å². The van der Waals surface area contributed by atoms with E-state index in [-0.39, 0.29) is 0 Å². The van der Waals surface area contributed by atoms with Crippen molar-refractivity contribution in [2.45, 2.75) is 18.9 Å². The molecule has 5 heterocycles. The zero-order valence-corrected chi connectivity index (χ0v) is 15.9. The molecule has 0 aliphatic carbocycles. The number of nitrogens with one attached hydrogen (secondary N) is 1. The third-order valence-corrected chi connectivity index (χ3v) is 5.12. The molecule has 5 rings (SSSR count). The van der Waals surface area contributed by atoms with Crippen LogP contribution >= 0.6 is 0 Å². The van der Waals surface area contributed by atoms with Gasteiger partial charge in [-0.1, -0.05) is 0 Å². The molecule has 9 nitrogen and oxygen atoms in total. The van der Waals surface area contributed by atoms with Crippen molar-refractivity contribution in [1.29, 1.82) is 0 Å². The van der Waals surface area contributed by atoms with Crippen LogP contribution in [0.4, 0.5) is 10.2 Å². The summed E-state index contributed by atoms with van der Waals surface area (Å²) in [7, 11) is 2.15. The SMILES string of the molecule is CN1CCC(Nc2ccc3ncc(-c4cnn(-c5ncc(F)cn5)c4)n3n2)CC1. The first-order valence-corrected chi connectivity index (χ1v) is 9.48. The Morgan fingerprint density at radius 1 is 1.03 bits per heavy atom. The van der Waals surface area contributed by atoms with Gasteiger partial charge >= 0.3 is 0 Å². The van der Waals surface area contributed by atoms with Crippen LogP contribution in [0.25, 0.3) is 22.9 Å². The molecule has 148 valence electrons. The molecular formula is C19H20FN9. The maximum absolute atomic E-state index is 13.0. The standard InChI is InChI=1S/C19H20FN9/c1-27-6-4-15(5-7-27)25-17-2-3-18-21-11-16(29(18)26-17)13-8-24-28(12-13)19-22-9-14(20)10-23-19/h2-3,8-12,15H,4-7H2,1H3,(H,25,26). The van der Waals surface area contributed by atoms with E-state index in [1.807, 2.05) is 12.1 Å². The van der Waals surface area contributed by atoms with E-state index in [9.17, 15) is 4.39 Å². The fraction of sp³-hybridized carbons (Fsp3) is 0.316. The Morgan fingerprint density at radius 2 is 1.83 bits per heavy atom. The second-order valence-electron chi connectivity index (χ2n) is 7.23. The van der Waals surface area contributed by atoms with E-state index in [0.29, 0.717) is 12.0 Å². The number of imidazole rings is 1. The first-order chi connectivity index (χ1) is 14.2. The largest absolute Gasteiger partial charge is 0.366 e. The highest BCUT2D eigenvalue weighted by atomic mass is 19.1. The number of likely N-dealkylation sites (tertiary alicyclic amines) is 1. The quantitative estimate of drug-likeness (QED) is 0.567. The van der Waals surface area contributed by atoms with Gasteiger partial charge in [-0.2, -0.15) is 5.10 Å². The Hall–Kier alpha value is -3.40. The molecule has 29 heavy (non-hydrogen) atoms. The van der Waals surface area contributed by atoms with Gasteiger partial charge in [0, 0.05) is 17.8 Å². The summed E-state index contributed by atoms with van der Waals surface area (Å²) in [5.74, 6) is 0.626. The Balaban J connectivity index is 1.42. The summed E-state index contributed by atoms with van der Waals surface area (Å²) in [6.45, 7) is 2.17. The lowest BCUT2D eigenvalue weighted by Gasteiger charge is -2.29. The summed E-state index contributed by atoms with van der Waals surface area (Å²) >= 11 is 0. The predicted octanol–water partition coefficient (Wildman–Crippen LogP) is 2.02. The lowest BCUT2D eigenvalue weighted by Crippen LogP contribution is -2.36. The van der Waals surface area contributed by atoms with Gasteiger partial charge in [0.2, 0.25) is 0 Å². The van der Waals surface area contributed by atoms with Crippen molar-refractivity contribution in [1.82, 2.24) is 39.2 Å². The topological polar surface area (TPSA) is 89.1 Å². The van der Waals surface area contributed by atoms with Gasteiger partial charge < -0.3 is 10.2 Å². The average molecular weight is 393 g/mol. The highest BCUT2D eigenvalue weighted by molar-refractivity contribution is 5.62. The van der Waals surface area contributed by atoms with Crippen LogP contribution < -0.4 is 5.32 Å². The van der Waals surface area contributed by atoms with Gasteiger partial charge in [-0.05, 0) is 45.1 Å². The van der Waals surface area contributed by atoms with Gasteiger partial charge in [-0.25, -0.2) is 28.5 Å². The zero-order valence-electron chi connectivity index (χ0n) is 15.9. The van der Waals surface area contributed by atoms with E-state index in [0.717, 1.165) is 61.0 Å². The highest BCUT2D eigenvalue weighted by Crippen LogP contribution is 2.22. The van der Waals surface area contributed by atoms with Gasteiger partial charge in [0.25, 0.3) is 5.95 Å². The zero-order chi connectivity index (χ0) is 19.8. The third kappa shape index (κ3) is 3.54. The van der Waals surface area contributed by atoms with Crippen molar-refractivity contribution in [3.63, 3.8) is 0 Å². The molecule has 0 saturated carbocycles. The number of piperidine rings is 1. The number of halogens is 1. The minimum atomic E-state index is -0.489. The summed E-state index contributed by atoms with van der Waals surface area (Å²) in [6.07, 6.45) is 9.63. The molecule has 0 aromatic carbocycles. The second-order valence-corrected chi connectivity index (χ2v) is 7.23. The number of hydrogen-bond acceptors (Lipinski definition) is 7. The summed E-state index contributed by atoms with van der Waals surface area (Å²) < 4.78 is 16.3. The first kappa shape index (κ1) is 17.7. The van der Waals surface area contributed by atoms with Gasteiger partial charge in [0.1, 0.15) is 5.82 Å². The van der Waals surface area contributed by atoms with Crippen molar-refractivity contribution >= 4 is 11.5 Å². The van der Waals surface area contributed by atoms with Crippen LogP contribution in [0.5, 0.6) is 0 Å². The van der Waals surface area contributed by atoms with Crippen molar-refractivity contribution in [3.05, 3.63) is 48.9 Å². The Labute approximate surface area is 166 Å². The molecule has 10 heteroatoms. The predicted molar refractivity (Wildman–Crippen MR) is 105 cm³/mol. The van der Waals surface area contributed by atoms with Crippen LogP contribution in [-0.2, 0) is 0 Å². The normalized spacial score (nSPS) is 15.8. The molecule has 1 saturated heterocycles. The molecule has 0 atom stereocenters. The van der Waals surface area contributed by atoms with Crippen molar-refractivity contribution in [2.24, 2.45) is 0 Å². The fourth-order valence-electron chi connectivity index (χ4n) is 3.50. The minimum absolute atomic E-state index is 0.295. The van der Waals surface area contributed by atoms with Crippen molar-refractivity contribution in [3.8, 4) is 17.2 Å². The Kier molecular flexibility index (Phi) is 4.39. The molecular weight excluding hydrogens is 373 g/mol. The highest BCUT2D eigenvalue weighted by Gasteiger charge is 2.17. The number of hydrogen-bond donors (Lipinski definition) is 1. The maximum Gasteiger partial charge on any atom is 0.250 e. The smallest absolute Gasteiger partial charge is 0.250 e. The number of anilines is 1. The van der Waals surface area contributed by atoms with Crippen LogP contribution in [0.2, 0.25) is 0 Å². The third-order valence-electron chi connectivity index (χ3n) is 5.12. The molecule has 1 aliphatic rings. The van der Waals surface area contributed by atoms with E-state index in [1.165, 1.54) is 4.68 Å². The van der Waals surface area contributed by atoms with E-state index >= 15 is 0 Å². The molecule has 0 unspecified atom stereocenters. The van der Waals surface area contributed by atoms with E-state index < -0.39 is 5.82 Å². The summed E-state index contributed by atoms with van der Waals surface area (Å²) in [4.78, 5) is 14.7. The van der Waals surface area contributed by atoms with Gasteiger partial charge in [-0.3, -0.25) is 0 Å². The Bertz CT molecular complexity index is 1130. The van der Waals surface area contributed by atoms with Gasteiger partial charge in [-0.15, -0.1) is 5.10 Å². The summed E-state index contributed by atoms with van der Waals surface area (Å²) in [5.41, 5.74) is 2.37. The average Bonchev–Trinajstić information content (AvgIpc) is 3.37. The molecule has 0 bridgehead atoms. The number of fused-ring (bicyclic) bond motifs is 1. The van der Waals surface area contributed by atoms with Crippen LogP contribution in [0.15, 0.2) is 43.1 Å². The molecule has 1 N–H and O–H groups in total. The lowest BCUT2D eigenvalue weighted by molar-refractivity contribution is 0.263. The molecule has 4 aromatic rings. The Morgan fingerprint density at radius 3 is 2.62 bits per heavy atom. The maximum atomic E-state index is 13.0. The van der Waals surface area contributed by atoms with Crippen LogP contribution in [0.1, 0.15) is 12.8 Å². The molecule has 0 spiro atoms. The van der Waals surface area contributed by atoms with Crippen LogP contribution in [0, 0.1) is 5.82 Å². The molecule has 1 fully saturated rings. The number of aromatic nitrogens is 7. The lowest BCUT2D eigenvalue weighted by atomic mass is 10.1. The van der Waals surface area contributed by atoms with Crippen molar-refractivity contribution < 1.29 is 4.39 Å². The first-order valence-electron chi connectivity index (χ1n) is 9.48. The number of nitrogens with zero attached hydrogens (tertiary/aromatic N) is 8. The van der Waals surface area contributed by atoms with E-state index in [2.05, 4.69) is 37.3 Å². The molecule has 4 aromatic heterocycles. The number of rotatable bonds is 4. The van der Waals surface area contributed by atoms with E-state index in [1.54, 1.807) is 23.1 Å². The molecule has 1 aliphatic heterocycles. The second kappa shape index (κ2) is 7.21. The molecule has 0 radical (unpaired) electrons. The monoisotopic (exact) mass is 393 g/mol. The summed E-state index contributed by atoms with van der Waals surface area (Å²) in [5, 5.41) is 12.5. The summed E-state index contributed by atoms with van der Waals surface area (Å²) in [6, 6.07) is 4.32. The van der Waals surface area contributed by atoms with E-state index in [4.69, 9.17) is 5.10 Å². The van der Waals surface area contributed by atoms with Crippen LogP contribution in [0.3, 0.4) is 0 Å². The van der Waals surface area contributed by atoms with Crippen molar-refractivity contribution in [2.75, 3.05) is 25.5 Å². The minimum Gasteiger partial charge on any atom is -0.366 e. The fourth-order valence-corrected chi connectivity index (χ4v) is 3.50. The molecule has 0 amide bonds. The van der Waals surface area contributed by atoms with Gasteiger partial charge in [0.15, 0.2) is 11.5 Å².